The Morgan fingerprint density at radius 1 is 1.00 bits per heavy atom. The number of nitrogens with one attached hydrogen (secondary N) is 2. The summed E-state index contributed by atoms with van der Waals surface area (Å²) < 4.78 is 62.7. The van der Waals surface area contributed by atoms with Crippen molar-refractivity contribution in [3.63, 3.8) is 0 Å². The summed E-state index contributed by atoms with van der Waals surface area (Å²) >= 11 is 0. The Morgan fingerprint density at radius 2 is 1.65 bits per heavy atom. The average molecular weight is 559 g/mol. The van der Waals surface area contributed by atoms with Crippen molar-refractivity contribution in [1.29, 1.82) is 5.41 Å². The largest absolute Gasteiger partial charge is 0.310 e. The Balaban J connectivity index is 0.000000663. The predicted molar refractivity (Wildman–Crippen MR) is 146 cm³/mol. The standard InChI is InChI=1S/C23H20F4N6O.C6H14/c1-12(34)14-5-4-13(10-17(14)24)18-8-9-20(28)33(31-18)22(29-2)23(26,27)16-6-7-19-15(21(16)25)11-32(3)30-19;1-5(2)6(3)4/h4-11,22,28-29H,1-3H3;5-6H,1-4H3. The van der Waals surface area contributed by atoms with E-state index >= 15 is 13.2 Å². The Kier molecular flexibility index (Phi) is 9.29. The lowest BCUT2D eigenvalue weighted by Crippen LogP contribution is -2.44. The van der Waals surface area contributed by atoms with Crippen molar-refractivity contribution < 1.29 is 22.4 Å². The van der Waals surface area contributed by atoms with Gasteiger partial charge in [0.1, 0.15) is 17.1 Å². The molecule has 0 spiro atoms. The van der Waals surface area contributed by atoms with E-state index in [4.69, 9.17) is 5.41 Å². The fourth-order valence-corrected chi connectivity index (χ4v) is 3.79. The van der Waals surface area contributed by atoms with E-state index in [-0.39, 0.29) is 33.2 Å². The molecule has 7 nitrogen and oxygen atoms in total. The SMILES string of the molecule is CC(C)C(C)C.CNC(n1nc(-c2ccc(C(C)=O)c(F)c2)ccc1=N)C(F)(F)c1ccc2nn(C)cc2c1F. The van der Waals surface area contributed by atoms with Crippen LogP contribution in [0, 0.1) is 28.9 Å². The number of hydrogen-bond acceptors (Lipinski definition) is 5. The second-order valence-corrected chi connectivity index (χ2v) is 10.3. The number of carbonyl (C=O) groups is 1. The van der Waals surface area contributed by atoms with Gasteiger partial charge in [-0.25, -0.2) is 13.5 Å². The van der Waals surface area contributed by atoms with Gasteiger partial charge in [-0.2, -0.15) is 19.0 Å². The van der Waals surface area contributed by atoms with E-state index in [1.165, 1.54) is 55.2 Å². The van der Waals surface area contributed by atoms with Crippen molar-refractivity contribution in [3.05, 3.63) is 76.9 Å². The van der Waals surface area contributed by atoms with Crippen LogP contribution in [-0.4, -0.2) is 32.4 Å². The van der Waals surface area contributed by atoms with Gasteiger partial charge in [0.05, 0.1) is 27.7 Å². The van der Waals surface area contributed by atoms with Crippen LogP contribution in [0.1, 0.15) is 56.7 Å². The number of fused-ring (bicyclic) bond motifs is 1. The molecule has 1 atom stereocenters. The van der Waals surface area contributed by atoms with Gasteiger partial charge in [-0.05, 0) is 62.2 Å². The number of aryl methyl sites for hydroxylation is 1. The van der Waals surface area contributed by atoms with Gasteiger partial charge < -0.3 is 0 Å². The molecule has 40 heavy (non-hydrogen) atoms. The number of Topliss-reactive ketones (excluding diaryl/α,β-unsaturated/α-hetero) is 1. The molecule has 1 unspecified atom stereocenters. The lowest BCUT2D eigenvalue weighted by Gasteiger charge is -2.28. The van der Waals surface area contributed by atoms with E-state index in [0.29, 0.717) is 4.68 Å². The molecule has 2 aromatic carbocycles. The first kappa shape index (κ1) is 30.7. The zero-order chi connectivity index (χ0) is 29.9. The zero-order valence-corrected chi connectivity index (χ0v) is 23.6. The van der Waals surface area contributed by atoms with Crippen LogP contribution >= 0.6 is 0 Å². The maximum atomic E-state index is 15.7. The molecule has 0 aliphatic rings. The average Bonchev–Trinajstić information content (AvgIpc) is 3.26. The summed E-state index contributed by atoms with van der Waals surface area (Å²) in [6.45, 7) is 10.2. The predicted octanol–water partition coefficient (Wildman–Crippen LogP) is 6.21. The molecule has 2 N–H and O–H groups in total. The van der Waals surface area contributed by atoms with E-state index in [1.54, 1.807) is 7.05 Å². The highest BCUT2D eigenvalue weighted by Crippen LogP contribution is 2.40. The lowest BCUT2D eigenvalue weighted by molar-refractivity contribution is -0.0769. The second kappa shape index (κ2) is 12.1. The molecular formula is C29H34F4N6O. The highest BCUT2D eigenvalue weighted by atomic mass is 19.3. The molecule has 4 rings (SSSR count). The number of rotatable bonds is 7. The minimum atomic E-state index is -3.83. The number of benzene rings is 2. The smallest absolute Gasteiger partial charge is 0.294 e. The van der Waals surface area contributed by atoms with Gasteiger partial charge in [0, 0.05) is 18.8 Å². The summed E-state index contributed by atoms with van der Waals surface area (Å²) in [6.07, 6.45) is -0.635. The summed E-state index contributed by atoms with van der Waals surface area (Å²) in [5, 5.41) is 18.6. The molecule has 0 aliphatic carbocycles. The molecule has 0 fully saturated rings. The molecule has 11 heteroatoms. The van der Waals surface area contributed by atoms with Crippen molar-refractivity contribution >= 4 is 16.7 Å². The number of ketones is 1. The van der Waals surface area contributed by atoms with Crippen LogP contribution in [0.2, 0.25) is 0 Å². The van der Waals surface area contributed by atoms with Crippen LogP contribution in [0.25, 0.3) is 22.2 Å². The van der Waals surface area contributed by atoms with E-state index in [9.17, 15) is 9.18 Å². The molecule has 0 saturated carbocycles. The first-order chi connectivity index (χ1) is 18.7. The van der Waals surface area contributed by atoms with Gasteiger partial charge in [-0.15, -0.1) is 0 Å². The van der Waals surface area contributed by atoms with E-state index in [0.717, 1.165) is 24.0 Å². The van der Waals surface area contributed by atoms with Crippen LogP contribution in [0.3, 0.4) is 0 Å². The number of likely N-dealkylation sites (N-methyl/N-ethyl adjacent to an activating group) is 1. The number of nitrogens with zero attached hydrogens (tertiary/aromatic N) is 4. The number of halogens is 4. The Bertz CT molecular complexity index is 1570. The zero-order valence-electron chi connectivity index (χ0n) is 23.6. The van der Waals surface area contributed by atoms with E-state index in [2.05, 4.69) is 43.2 Å². The highest BCUT2D eigenvalue weighted by Gasteiger charge is 2.45. The van der Waals surface area contributed by atoms with E-state index in [1.807, 2.05) is 0 Å². The summed E-state index contributed by atoms with van der Waals surface area (Å²) in [4.78, 5) is 11.5. The summed E-state index contributed by atoms with van der Waals surface area (Å²) in [5.41, 5.74) is -0.850. The van der Waals surface area contributed by atoms with Gasteiger partial charge in [-0.3, -0.25) is 20.2 Å². The molecule has 0 bridgehead atoms. The Labute approximate surface area is 230 Å². The van der Waals surface area contributed by atoms with Crippen LogP contribution in [0.5, 0.6) is 0 Å². The van der Waals surface area contributed by atoms with Gasteiger partial charge in [0.2, 0.25) is 0 Å². The van der Waals surface area contributed by atoms with Crippen LogP contribution in [0.15, 0.2) is 48.7 Å². The summed E-state index contributed by atoms with van der Waals surface area (Å²) in [6, 6.07) is 8.61. The minimum Gasteiger partial charge on any atom is -0.294 e. The molecule has 214 valence electrons. The molecule has 4 aromatic rings. The quantitative estimate of drug-likeness (QED) is 0.209. The van der Waals surface area contributed by atoms with Crippen molar-refractivity contribution in [2.24, 2.45) is 18.9 Å². The molecule has 0 radical (unpaired) electrons. The molecule has 2 aromatic heterocycles. The normalized spacial score (nSPS) is 12.5. The summed E-state index contributed by atoms with van der Waals surface area (Å²) in [5.74, 6) is -4.50. The topological polar surface area (TPSA) is 88.6 Å². The van der Waals surface area contributed by atoms with Crippen molar-refractivity contribution in [1.82, 2.24) is 24.9 Å². The highest BCUT2D eigenvalue weighted by molar-refractivity contribution is 5.94. The molecule has 0 aliphatic heterocycles. The monoisotopic (exact) mass is 558 g/mol. The third kappa shape index (κ3) is 6.30. The van der Waals surface area contributed by atoms with Gasteiger partial charge in [0.15, 0.2) is 11.9 Å². The lowest BCUT2D eigenvalue weighted by atomic mass is 10.0. The van der Waals surface area contributed by atoms with Gasteiger partial charge in [-0.1, -0.05) is 33.8 Å². The van der Waals surface area contributed by atoms with Crippen molar-refractivity contribution in [3.8, 4) is 11.3 Å². The Morgan fingerprint density at radius 3 is 2.20 bits per heavy atom. The number of alkyl halides is 2. The second-order valence-electron chi connectivity index (χ2n) is 10.3. The van der Waals surface area contributed by atoms with Gasteiger partial charge in [0.25, 0.3) is 0 Å². The fourth-order valence-electron chi connectivity index (χ4n) is 3.79. The number of hydrogen-bond donors (Lipinski definition) is 2. The Hall–Kier alpha value is -3.86. The summed E-state index contributed by atoms with van der Waals surface area (Å²) in [7, 11) is 2.79. The maximum absolute atomic E-state index is 15.7. The molecule has 0 saturated heterocycles. The van der Waals surface area contributed by atoms with Crippen LogP contribution < -0.4 is 10.8 Å². The molecular weight excluding hydrogens is 524 g/mol. The first-order valence-electron chi connectivity index (χ1n) is 12.8. The van der Waals surface area contributed by atoms with E-state index < -0.39 is 35.1 Å². The third-order valence-corrected chi connectivity index (χ3v) is 6.80. The first-order valence-corrected chi connectivity index (χ1v) is 12.8. The fraction of sp³-hybridized carbons (Fsp3) is 0.379. The minimum absolute atomic E-state index is 0.0617. The van der Waals surface area contributed by atoms with Crippen molar-refractivity contribution in [2.75, 3.05) is 7.05 Å². The van der Waals surface area contributed by atoms with Crippen molar-refractivity contribution in [2.45, 2.75) is 46.7 Å². The molecule has 2 heterocycles. The third-order valence-electron chi connectivity index (χ3n) is 6.80. The van der Waals surface area contributed by atoms with Gasteiger partial charge >= 0.3 is 5.92 Å². The number of carbonyl (C=O) groups excluding carboxylic acids is 1. The maximum Gasteiger partial charge on any atom is 0.310 e. The van der Waals surface area contributed by atoms with Crippen LogP contribution in [-0.2, 0) is 13.0 Å². The molecule has 0 amide bonds. The number of aromatic nitrogens is 4. The van der Waals surface area contributed by atoms with Crippen LogP contribution in [0.4, 0.5) is 17.6 Å².